The minimum atomic E-state index is -3.62. The first-order chi connectivity index (χ1) is 11.3. The van der Waals surface area contributed by atoms with Crippen LogP contribution in [-0.2, 0) is 14.6 Å². The molecule has 7 heteroatoms. The van der Waals surface area contributed by atoms with Crippen molar-refractivity contribution in [2.24, 2.45) is 5.73 Å². The smallest absolute Gasteiger partial charge is 0.183 e. The molecule has 24 heavy (non-hydrogen) atoms. The summed E-state index contributed by atoms with van der Waals surface area (Å²) < 4.78 is 31.3. The Morgan fingerprint density at radius 2 is 1.54 bits per heavy atom. The topological polar surface area (TPSA) is 69.4 Å². The lowest BCUT2D eigenvalue weighted by atomic mass is 10.1. The molecule has 128 valence electrons. The van der Waals surface area contributed by atoms with Crippen molar-refractivity contribution in [3.05, 3.63) is 64.1 Å². The largest absolute Gasteiger partial charge is 0.383 e. The molecule has 0 saturated heterocycles. The highest BCUT2D eigenvalue weighted by Crippen LogP contribution is 2.55. The number of hydrogen-bond acceptors (Lipinski definition) is 4. The van der Waals surface area contributed by atoms with Crippen LogP contribution in [0.3, 0.4) is 0 Å². The Kier molecular flexibility index (Phi) is 4.66. The second kappa shape index (κ2) is 6.32. The first-order valence-corrected chi connectivity index (χ1v) is 9.63. The summed E-state index contributed by atoms with van der Waals surface area (Å²) >= 11 is 11.8. The molecule has 0 radical (unpaired) electrons. The van der Waals surface area contributed by atoms with Crippen molar-refractivity contribution in [3.8, 4) is 0 Å². The summed E-state index contributed by atoms with van der Waals surface area (Å²) in [5.41, 5.74) is 6.27. The summed E-state index contributed by atoms with van der Waals surface area (Å²) in [5.74, 6) is -0.351. The average Bonchev–Trinajstić information content (AvgIpc) is 3.15. The molecule has 0 unspecified atom stereocenters. The first kappa shape index (κ1) is 17.7. The zero-order chi connectivity index (χ0) is 17.5. The normalized spacial score (nSPS) is 26.3. The minimum Gasteiger partial charge on any atom is -0.383 e. The maximum absolute atomic E-state index is 13.0. The molecule has 1 aliphatic rings. The number of hydrogen-bond donors (Lipinski definition) is 1. The molecule has 3 rings (SSSR count). The van der Waals surface area contributed by atoms with E-state index in [9.17, 15) is 8.42 Å². The predicted molar refractivity (Wildman–Crippen MR) is 95.4 cm³/mol. The molecule has 0 bridgehead atoms. The number of ether oxygens (including phenoxy) is 1. The van der Waals surface area contributed by atoms with Crippen LogP contribution in [0.25, 0.3) is 0 Å². The molecule has 1 fully saturated rings. The Labute approximate surface area is 151 Å². The van der Waals surface area contributed by atoms with E-state index in [0.717, 1.165) is 5.56 Å². The summed E-state index contributed by atoms with van der Waals surface area (Å²) in [6.07, 6.45) is 0. The van der Waals surface area contributed by atoms with Gasteiger partial charge in [-0.3, -0.25) is 0 Å². The highest BCUT2D eigenvalue weighted by atomic mass is 35.5. The lowest BCUT2D eigenvalue weighted by molar-refractivity contribution is 0.171. The number of nitrogens with two attached hydrogens (primary N) is 1. The van der Waals surface area contributed by atoms with Gasteiger partial charge in [0.25, 0.3) is 0 Å². The van der Waals surface area contributed by atoms with Gasteiger partial charge in [0.05, 0.1) is 22.3 Å². The van der Waals surface area contributed by atoms with Gasteiger partial charge in [-0.15, -0.1) is 0 Å². The van der Waals surface area contributed by atoms with Gasteiger partial charge in [0, 0.05) is 23.1 Å². The number of methoxy groups -OCH3 is 1. The van der Waals surface area contributed by atoms with Gasteiger partial charge in [-0.2, -0.15) is 0 Å². The van der Waals surface area contributed by atoms with E-state index >= 15 is 0 Å². The quantitative estimate of drug-likeness (QED) is 0.856. The van der Waals surface area contributed by atoms with E-state index in [1.165, 1.54) is 19.2 Å². The van der Waals surface area contributed by atoms with Crippen LogP contribution in [0.1, 0.15) is 11.5 Å². The molecule has 0 spiro atoms. The zero-order valence-corrected chi connectivity index (χ0v) is 15.3. The number of halogens is 2. The van der Waals surface area contributed by atoms with E-state index in [1.807, 2.05) is 12.1 Å². The van der Waals surface area contributed by atoms with Gasteiger partial charge in [0.15, 0.2) is 9.84 Å². The summed E-state index contributed by atoms with van der Waals surface area (Å²) in [7, 11) is -2.10. The molecule has 0 aromatic heterocycles. The molecule has 2 aromatic carbocycles. The van der Waals surface area contributed by atoms with Gasteiger partial charge >= 0.3 is 0 Å². The molecule has 2 aromatic rings. The van der Waals surface area contributed by atoms with E-state index in [4.69, 9.17) is 33.7 Å². The van der Waals surface area contributed by atoms with Crippen molar-refractivity contribution in [2.45, 2.75) is 21.6 Å². The number of benzene rings is 2. The molecule has 0 aliphatic heterocycles. The van der Waals surface area contributed by atoms with E-state index in [0.29, 0.717) is 10.0 Å². The number of rotatable bonds is 5. The second-order valence-electron chi connectivity index (χ2n) is 5.99. The van der Waals surface area contributed by atoms with Gasteiger partial charge in [-0.05, 0) is 42.0 Å². The summed E-state index contributed by atoms with van der Waals surface area (Å²) in [4.78, 5) is 0.208. The summed E-state index contributed by atoms with van der Waals surface area (Å²) in [6, 6.07) is 13.2. The molecule has 1 saturated carbocycles. The van der Waals surface area contributed by atoms with Gasteiger partial charge in [-0.25, -0.2) is 8.42 Å². The molecule has 1 aliphatic carbocycles. The van der Waals surface area contributed by atoms with Crippen LogP contribution >= 0.6 is 23.2 Å². The highest BCUT2D eigenvalue weighted by Gasteiger charge is 2.69. The van der Waals surface area contributed by atoms with Crippen LogP contribution in [0.5, 0.6) is 0 Å². The SMILES string of the molecule is COC[C@]1(N)[C@H](c2ccc(Cl)cc2)[C@H]1S(=O)(=O)c1ccc(Cl)cc1. The second-order valence-corrected chi connectivity index (χ2v) is 8.94. The predicted octanol–water partition coefficient (Wildman–Crippen LogP) is 3.28. The van der Waals surface area contributed by atoms with Crippen LogP contribution in [0.15, 0.2) is 53.4 Å². The zero-order valence-electron chi connectivity index (χ0n) is 12.9. The Morgan fingerprint density at radius 1 is 1.04 bits per heavy atom. The van der Waals surface area contributed by atoms with Crippen molar-refractivity contribution in [3.63, 3.8) is 0 Å². The third-order valence-electron chi connectivity index (χ3n) is 4.40. The fourth-order valence-corrected chi connectivity index (χ4v) is 5.78. The van der Waals surface area contributed by atoms with Crippen molar-refractivity contribution in [1.82, 2.24) is 0 Å². The number of sulfone groups is 1. The van der Waals surface area contributed by atoms with Gasteiger partial charge in [0.1, 0.15) is 0 Å². The van der Waals surface area contributed by atoms with Crippen molar-refractivity contribution >= 4 is 33.0 Å². The molecular weight excluding hydrogens is 369 g/mol. The fourth-order valence-electron chi connectivity index (χ4n) is 3.24. The maximum Gasteiger partial charge on any atom is 0.183 e. The van der Waals surface area contributed by atoms with Gasteiger partial charge in [0.2, 0.25) is 0 Å². The van der Waals surface area contributed by atoms with Crippen LogP contribution in [-0.4, -0.2) is 32.9 Å². The molecule has 3 atom stereocenters. The fraction of sp³-hybridized carbons (Fsp3) is 0.294. The lowest BCUT2D eigenvalue weighted by Gasteiger charge is -2.11. The molecule has 2 N–H and O–H groups in total. The molecule has 0 heterocycles. The van der Waals surface area contributed by atoms with Crippen molar-refractivity contribution in [2.75, 3.05) is 13.7 Å². The van der Waals surface area contributed by atoms with Crippen molar-refractivity contribution in [1.29, 1.82) is 0 Å². The monoisotopic (exact) mass is 385 g/mol. The van der Waals surface area contributed by atoms with E-state index in [1.54, 1.807) is 24.3 Å². The van der Waals surface area contributed by atoms with E-state index in [-0.39, 0.29) is 17.4 Å². The Morgan fingerprint density at radius 3 is 2.04 bits per heavy atom. The highest BCUT2D eigenvalue weighted by molar-refractivity contribution is 7.92. The molecule has 4 nitrogen and oxygen atoms in total. The standard InChI is InChI=1S/C17H17Cl2NO3S/c1-23-10-17(20)15(11-2-4-12(18)5-3-11)16(17)24(21,22)14-8-6-13(19)7-9-14/h2-9,15-16H,10,20H2,1H3/t15-,16-,17+/m1/s1. The Bertz CT molecular complexity index is 837. The van der Waals surface area contributed by atoms with Crippen LogP contribution < -0.4 is 5.73 Å². The van der Waals surface area contributed by atoms with E-state index in [2.05, 4.69) is 0 Å². The Hall–Kier alpha value is -1.11. The maximum atomic E-state index is 13.0. The van der Waals surface area contributed by atoms with Crippen LogP contribution in [0, 0.1) is 0 Å². The summed E-state index contributed by atoms with van der Waals surface area (Å²) in [6.45, 7) is 0.151. The Balaban J connectivity index is 2.01. The lowest BCUT2D eigenvalue weighted by Crippen LogP contribution is -2.35. The van der Waals surface area contributed by atoms with Gasteiger partial charge < -0.3 is 10.5 Å². The van der Waals surface area contributed by atoms with E-state index < -0.39 is 20.6 Å². The van der Waals surface area contributed by atoms with Gasteiger partial charge in [-0.1, -0.05) is 35.3 Å². The first-order valence-electron chi connectivity index (χ1n) is 7.33. The van der Waals surface area contributed by atoms with Crippen LogP contribution in [0.2, 0.25) is 10.0 Å². The molecular formula is C17H17Cl2NO3S. The minimum absolute atomic E-state index is 0.151. The average molecular weight is 386 g/mol. The molecule has 0 amide bonds. The summed E-state index contributed by atoms with van der Waals surface area (Å²) in [5, 5.41) is 0.313. The third-order valence-corrected chi connectivity index (χ3v) is 7.22. The van der Waals surface area contributed by atoms with Crippen molar-refractivity contribution < 1.29 is 13.2 Å². The van der Waals surface area contributed by atoms with Crippen LogP contribution in [0.4, 0.5) is 0 Å². The third kappa shape index (κ3) is 2.95.